The van der Waals surface area contributed by atoms with Gasteiger partial charge in [-0.2, -0.15) is 0 Å². The lowest BCUT2D eigenvalue weighted by atomic mass is 9.78. The van der Waals surface area contributed by atoms with E-state index in [0.717, 1.165) is 36.2 Å². The largest absolute Gasteiger partial charge is 0.452 e. The fourth-order valence-corrected chi connectivity index (χ4v) is 4.88. The quantitative estimate of drug-likeness (QED) is 0.655. The number of ether oxygens (including phenoxy) is 1. The number of esters is 1. The summed E-state index contributed by atoms with van der Waals surface area (Å²) in [5, 5.41) is 2.80. The van der Waals surface area contributed by atoms with Crippen molar-refractivity contribution in [3.8, 4) is 0 Å². The second-order valence-electron chi connectivity index (χ2n) is 9.38. The lowest BCUT2D eigenvalue weighted by molar-refractivity contribution is -0.161. The number of carbonyl (C=O) groups is 3. The molecule has 3 unspecified atom stereocenters. The molecule has 7 nitrogen and oxygen atoms in total. The van der Waals surface area contributed by atoms with Crippen molar-refractivity contribution >= 4 is 34.8 Å². The maximum absolute atomic E-state index is 13.4. The van der Waals surface area contributed by atoms with Gasteiger partial charge in [0.15, 0.2) is 6.10 Å². The second kappa shape index (κ2) is 10.3. The van der Waals surface area contributed by atoms with Crippen molar-refractivity contribution in [1.82, 2.24) is 0 Å². The number of benzene rings is 2. The first-order valence-corrected chi connectivity index (χ1v) is 12.0. The number of carbonyl (C=O) groups excluding carboxylic acids is 3. The van der Waals surface area contributed by atoms with E-state index in [0.29, 0.717) is 25.1 Å². The average molecular weight is 464 g/mol. The minimum Gasteiger partial charge on any atom is -0.452 e. The molecule has 0 spiro atoms. The Morgan fingerprint density at radius 3 is 2.38 bits per heavy atom. The summed E-state index contributed by atoms with van der Waals surface area (Å²) in [6.07, 6.45) is 2.93. The molecule has 1 aliphatic heterocycles. The maximum atomic E-state index is 13.4. The van der Waals surface area contributed by atoms with Gasteiger partial charge in [0.05, 0.1) is 11.8 Å². The number of hydrogen-bond donors (Lipinski definition) is 1. The first-order valence-electron chi connectivity index (χ1n) is 12.0. The number of nitrogens with one attached hydrogen (secondary N) is 1. The Morgan fingerprint density at radius 2 is 1.68 bits per heavy atom. The molecule has 1 N–H and O–H groups in total. The lowest BCUT2D eigenvalue weighted by Crippen LogP contribution is -2.43. The van der Waals surface area contributed by atoms with Gasteiger partial charge in [-0.05, 0) is 62.1 Å². The van der Waals surface area contributed by atoms with Gasteiger partial charge in [0, 0.05) is 37.7 Å². The Hall–Kier alpha value is -3.35. The third-order valence-electron chi connectivity index (χ3n) is 6.85. The molecule has 0 aromatic heterocycles. The molecule has 4 rings (SSSR count). The van der Waals surface area contributed by atoms with E-state index in [-0.39, 0.29) is 5.91 Å². The first kappa shape index (κ1) is 23.8. The molecule has 2 aliphatic rings. The molecular formula is C27H33N3O4. The zero-order valence-corrected chi connectivity index (χ0v) is 20.1. The van der Waals surface area contributed by atoms with Crippen molar-refractivity contribution in [1.29, 1.82) is 0 Å². The maximum Gasteiger partial charge on any atom is 0.310 e. The normalized spacial score (nSPS) is 20.3. The van der Waals surface area contributed by atoms with Gasteiger partial charge in [0.2, 0.25) is 5.91 Å². The van der Waals surface area contributed by atoms with Crippen LogP contribution in [-0.2, 0) is 25.5 Å². The highest BCUT2D eigenvalue weighted by Gasteiger charge is 2.41. The van der Waals surface area contributed by atoms with Crippen LogP contribution in [0.1, 0.15) is 38.2 Å². The topological polar surface area (TPSA) is 79.0 Å². The molecular weight excluding hydrogens is 430 g/mol. The van der Waals surface area contributed by atoms with Crippen LogP contribution in [0.4, 0.5) is 17.1 Å². The number of anilines is 3. The molecule has 1 aliphatic carbocycles. The number of nitrogens with zero attached hydrogens (tertiary/aromatic N) is 2. The van der Waals surface area contributed by atoms with Crippen molar-refractivity contribution in [2.75, 3.05) is 35.8 Å². The Labute approximate surface area is 201 Å². The van der Waals surface area contributed by atoms with Gasteiger partial charge in [-0.1, -0.05) is 31.0 Å². The molecule has 2 aromatic rings. The van der Waals surface area contributed by atoms with Crippen LogP contribution in [-0.4, -0.2) is 44.5 Å². The summed E-state index contributed by atoms with van der Waals surface area (Å²) in [5.41, 5.74) is 3.76. The van der Waals surface area contributed by atoms with Crippen LogP contribution in [0.2, 0.25) is 0 Å². The Balaban J connectivity index is 1.38. The Bertz CT molecular complexity index is 1050. The number of amides is 2. The van der Waals surface area contributed by atoms with Crippen LogP contribution in [0.3, 0.4) is 0 Å². The van der Waals surface area contributed by atoms with Crippen LogP contribution in [0.15, 0.2) is 48.5 Å². The summed E-state index contributed by atoms with van der Waals surface area (Å²) in [6, 6.07) is 15.4. The van der Waals surface area contributed by atoms with Gasteiger partial charge in [-0.15, -0.1) is 0 Å². The standard InChI is InChI=1S/C27H33N3O4/c1-18(25(31)28-20-12-14-21(15-13-20)29(2)3)34-27(33)23-10-6-5-9-22(23)26(32)30-17-16-19-8-4-7-11-24(19)30/h4,7-8,11-15,18,22-23H,5-6,9-10,16-17H2,1-3H3,(H,28,31). The number of rotatable bonds is 6. The molecule has 0 bridgehead atoms. The predicted molar refractivity (Wildman–Crippen MR) is 133 cm³/mol. The van der Waals surface area contributed by atoms with E-state index in [4.69, 9.17) is 4.74 Å². The van der Waals surface area contributed by atoms with Gasteiger partial charge in [0.1, 0.15) is 0 Å². The highest BCUT2D eigenvalue weighted by Crippen LogP contribution is 2.36. The first-order chi connectivity index (χ1) is 16.3. The molecule has 180 valence electrons. The molecule has 1 heterocycles. The van der Waals surface area contributed by atoms with E-state index >= 15 is 0 Å². The predicted octanol–water partition coefficient (Wildman–Crippen LogP) is 4.02. The van der Waals surface area contributed by atoms with Gasteiger partial charge >= 0.3 is 5.97 Å². The van der Waals surface area contributed by atoms with Gasteiger partial charge in [-0.3, -0.25) is 14.4 Å². The number of hydrogen-bond acceptors (Lipinski definition) is 5. The zero-order valence-electron chi connectivity index (χ0n) is 20.1. The van der Waals surface area contributed by atoms with E-state index in [1.807, 2.05) is 72.4 Å². The SMILES string of the molecule is CC(OC(=O)C1CCCCC1C(=O)N1CCc2ccccc21)C(=O)Nc1ccc(N(C)C)cc1. The molecule has 7 heteroatoms. The highest BCUT2D eigenvalue weighted by atomic mass is 16.5. The molecule has 1 saturated carbocycles. The fourth-order valence-electron chi connectivity index (χ4n) is 4.88. The molecule has 34 heavy (non-hydrogen) atoms. The smallest absolute Gasteiger partial charge is 0.310 e. The summed E-state index contributed by atoms with van der Waals surface area (Å²) in [5.74, 6) is -1.80. The Morgan fingerprint density at radius 1 is 1.00 bits per heavy atom. The lowest BCUT2D eigenvalue weighted by Gasteiger charge is -2.32. The second-order valence-corrected chi connectivity index (χ2v) is 9.38. The van der Waals surface area contributed by atoms with Gasteiger partial charge in [0.25, 0.3) is 5.91 Å². The molecule has 2 amide bonds. The van der Waals surface area contributed by atoms with Crippen molar-refractivity contribution < 1.29 is 19.1 Å². The van der Waals surface area contributed by atoms with Crippen molar-refractivity contribution in [3.63, 3.8) is 0 Å². The Kier molecular flexibility index (Phi) is 7.20. The minimum atomic E-state index is -0.953. The van der Waals surface area contributed by atoms with Crippen molar-refractivity contribution in [2.45, 2.75) is 45.1 Å². The number of para-hydroxylation sites is 1. The number of fused-ring (bicyclic) bond motifs is 1. The van der Waals surface area contributed by atoms with E-state index in [2.05, 4.69) is 5.32 Å². The monoisotopic (exact) mass is 463 g/mol. The molecule has 2 aromatic carbocycles. The van der Waals surface area contributed by atoms with E-state index < -0.39 is 29.8 Å². The van der Waals surface area contributed by atoms with Crippen LogP contribution in [0, 0.1) is 11.8 Å². The van der Waals surface area contributed by atoms with Crippen molar-refractivity contribution in [3.05, 3.63) is 54.1 Å². The van der Waals surface area contributed by atoms with Gasteiger partial charge in [-0.25, -0.2) is 0 Å². The summed E-state index contributed by atoms with van der Waals surface area (Å²) in [6.45, 7) is 2.21. The van der Waals surface area contributed by atoms with Crippen LogP contribution >= 0.6 is 0 Å². The van der Waals surface area contributed by atoms with Crippen LogP contribution in [0.25, 0.3) is 0 Å². The van der Waals surface area contributed by atoms with Gasteiger partial charge < -0.3 is 19.9 Å². The average Bonchev–Trinajstić information content (AvgIpc) is 3.28. The van der Waals surface area contributed by atoms with E-state index in [9.17, 15) is 14.4 Å². The molecule has 0 radical (unpaired) electrons. The highest BCUT2D eigenvalue weighted by molar-refractivity contribution is 6.00. The molecule has 3 atom stereocenters. The summed E-state index contributed by atoms with van der Waals surface area (Å²) >= 11 is 0. The summed E-state index contributed by atoms with van der Waals surface area (Å²) < 4.78 is 5.57. The summed E-state index contributed by atoms with van der Waals surface area (Å²) in [7, 11) is 3.89. The third-order valence-corrected chi connectivity index (χ3v) is 6.85. The minimum absolute atomic E-state index is 0.00955. The molecule has 0 saturated heterocycles. The fraction of sp³-hybridized carbons (Fsp3) is 0.444. The van der Waals surface area contributed by atoms with Crippen LogP contribution in [0.5, 0.6) is 0 Å². The van der Waals surface area contributed by atoms with E-state index in [1.165, 1.54) is 0 Å². The summed E-state index contributed by atoms with van der Waals surface area (Å²) in [4.78, 5) is 43.0. The van der Waals surface area contributed by atoms with E-state index in [1.54, 1.807) is 6.92 Å². The third kappa shape index (κ3) is 5.08. The van der Waals surface area contributed by atoms with Crippen molar-refractivity contribution in [2.24, 2.45) is 11.8 Å². The van der Waals surface area contributed by atoms with Crippen LogP contribution < -0.4 is 15.1 Å². The molecule has 1 fully saturated rings. The zero-order chi connectivity index (χ0) is 24.2.